The van der Waals surface area contributed by atoms with E-state index >= 15 is 0 Å². The van der Waals surface area contributed by atoms with E-state index in [-0.39, 0.29) is 24.2 Å². The van der Waals surface area contributed by atoms with Gasteiger partial charge in [0.1, 0.15) is 11.6 Å². The lowest BCUT2D eigenvalue weighted by Crippen LogP contribution is -2.44. The Kier molecular flexibility index (Phi) is 7.56. The highest BCUT2D eigenvalue weighted by Crippen LogP contribution is 2.08. The smallest absolute Gasteiger partial charge is 0.237 e. The molecule has 1 amide bonds. The highest BCUT2D eigenvalue weighted by molar-refractivity contribution is 5.85. The molecule has 1 aromatic rings. The van der Waals surface area contributed by atoms with E-state index in [1.54, 1.807) is 0 Å². The van der Waals surface area contributed by atoms with Crippen LogP contribution in [0.1, 0.15) is 19.4 Å². The van der Waals surface area contributed by atoms with Crippen molar-refractivity contribution < 1.29 is 13.6 Å². The summed E-state index contributed by atoms with van der Waals surface area (Å²) in [4.78, 5) is 11.5. The van der Waals surface area contributed by atoms with Gasteiger partial charge in [0.05, 0.1) is 6.04 Å². The number of nitrogens with two attached hydrogens (primary N) is 1. The second kappa shape index (κ2) is 8.07. The Bertz CT molecular complexity index is 407. The van der Waals surface area contributed by atoms with Gasteiger partial charge in [-0.15, -0.1) is 12.4 Å². The number of rotatable bonds is 5. The zero-order chi connectivity index (χ0) is 13.7. The van der Waals surface area contributed by atoms with Gasteiger partial charge in [0.15, 0.2) is 0 Å². The summed E-state index contributed by atoms with van der Waals surface area (Å²) in [5.74, 6) is -1.43. The van der Waals surface area contributed by atoms with Crippen molar-refractivity contribution in [2.75, 3.05) is 6.54 Å². The van der Waals surface area contributed by atoms with Crippen LogP contribution in [-0.2, 0) is 11.2 Å². The average Bonchev–Trinajstić information content (AvgIpc) is 2.26. The molecule has 19 heavy (non-hydrogen) atoms. The fraction of sp³-hybridized carbons (Fsp3) is 0.462. The third-order valence-corrected chi connectivity index (χ3v) is 2.66. The lowest BCUT2D eigenvalue weighted by molar-refractivity contribution is -0.123. The number of hydrogen-bond donors (Lipinski definition) is 2. The van der Waals surface area contributed by atoms with E-state index in [1.165, 1.54) is 12.1 Å². The number of carbonyl (C=O) groups is 1. The third-order valence-electron chi connectivity index (χ3n) is 2.66. The highest BCUT2D eigenvalue weighted by atomic mass is 35.5. The molecule has 6 heteroatoms. The van der Waals surface area contributed by atoms with Crippen molar-refractivity contribution in [3.05, 3.63) is 35.4 Å². The van der Waals surface area contributed by atoms with Crippen LogP contribution in [0.15, 0.2) is 18.2 Å². The molecule has 0 aliphatic carbocycles. The Balaban J connectivity index is 0.00000324. The number of nitrogens with one attached hydrogen (secondary N) is 1. The number of carbonyl (C=O) groups excluding carboxylic acids is 1. The number of benzene rings is 1. The predicted octanol–water partition coefficient (Wildman–Crippen LogP) is 2.03. The summed E-state index contributed by atoms with van der Waals surface area (Å²) in [7, 11) is 0. The average molecular weight is 293 g/mol. The van der Waals surface area contributed by atoms with Crippen molar-refractivity contribution in [2.45, 2.75) is 26.3 Å². The first kappa shape index (κ1) is 17.8. The monoisotopic (exact) mass is 292 g/mol. The van der Waals surface area contributed by atoms with E-state index in [2.05, 4.69) is 5.32 Å². The topological polar surface area (TPSA) is 55.1 Å². The standard InChI is InChI=1S/C13H18F2N2O.ClH/c1-8(2)12(16)13(18)17-4-3-9-5-10(14)7-11(15)6-9;/h5-8,12H,3-4,16H2,1-2H3,(H,17,18);1H/t12-;/m1./s1. The van der Waals surface area contributed by atoms with E-state index in [4.69, 9.17) is 5.73 Å². The number of hydrogen-bond acceptors (Lipinski definition) is 2. The number of amides is 1. The molecule has 0 aliphatic heterocycles. The van der Waals surface area contributed by atoms with Crippen LogP contribution >= 0.6 is 12.4 Å². The molecule has 0 aromatic heterocycles. The lowest BCUT2D eigenvalue weighted by atomic mass is 10.0. The molecule has 0 spiro atoms. The SMILES string of the molecule is CC(C)[C@@H](N)C(=O)NCCc1cc(F)cc(F)c1.Cl. The van der Waals surface area contributed by atoms with Crippen LogP contribution in [0.3, 0.4) is 0 Å². The van der Waals surface area contributed by atoms with Gasteiger partial charge in [-0.2, -0.15) is 0 Å². The van der Waals surface area contributed by atoms with Gasteiger partial charge in [0, 0.05) is 12.6 Å². The zero-order valence-electron chi connectivity index (χ0n) is 11.0. The maximum atomic E-state index is 12.9. The predicted molar refractivity (Wildman–Crippen MR) is 73.1 cm³/mol. The van der Waals surface area contributed by atoms with Crippen molar-refractivity contribution in [2.24, 2.45) is 11.7 Å². The molecule has 0 saturated heterocycles. The molecule has 1 rings (SSSR count). The van der Waals surface area contributed by atoms with Gasteiger partial charge >= 0.3 is 0 Å². The van der Waals surface area contributed by atoms with Crippen LogP contribution in [-0.4, -0.2) is 18.5 Å². The van der Waals surface area contributed by atoms with Crippen LogP contribution < -0.4 is 11.1 Å². The second-order valence-electron chi connectivity index (χ2n) is 4.59. The summed E-state index contributed by atoms with van der Waals surface area (Å²) in [6.07, 6.45) is 0.366. The summed E-state index contributed by atoms with van der Waals surface area (Å²) >= 11 is 0. The van der Waals surface area contributed by atoms with Gasteiger partial charge in [-0.3, -0.25) is 4.79 Å². The Morgan fingerprint density at radius 1 is 1.26 bits per heavy atom. The van der Waals surface area contributed by atoms with Gasteiger partial charge < -0.3 is 11.1 Å². The van der Waals surface area contributed by atoms with E-state index in [1.807, 2.05) is 13.8 Å². The van der Waals surface area contributed by atoms with Crippen LogP contribution in [0.4, 0.5) is 8.78 Å². The third kappa shape index (κ3) is 5.98. The highest BCUT2D eigenvalue weighted by Gasteiger charge is 2.16. The van der Waals surface area contributed by atoms with E-state index in [0.29, 0.717) is 18.5 Å². The fourth-order valence-electron chi connectivity index (χ4n) is 1.51. The summed E-state index contributed by atoms with van der Waals surface area (Å²) < 4.78 is 25.8. The van der Waals surface area contributed by atoms with E-state index < -0.39 is 17.7 Å². The molecule has 3 nitrogen and oxygen atoms in total. The molecule has 1 atom stereocenters. The molecule has 0 unspecified atom stereocenters. The summed E-state index contributed by atoms with van der Waals surface area (Å²) in [5.41, 5.74) is 6.16. The Morgan fingerprint density at radius 2 is 1.79 bits per heavy atom. The molecular formula is C13H19ClF2N2O. The van der Waals surface area contributed by atoms with Gasteiger partial charge in [-0.1, -0.05) is 13.8 Å². The van der Waals surface area contributed by atoms with Crippen LogP contribution in [0.2, 0.25) is 0 Å². The molecule has 108 valence electrons. The first-order chi connectivity index (χ1) is 8.40. The Labute approximate surface area is 118 Å². The maximum absolute atomic E-state index is 12.9. The van der Waals surface area contributed by atoms with Crippen LogP contribution in [0, 0.1) is 17.6 Å². The molecular weight excluding hydrogens is 274 g/mol. The van der Waals surface area contributed by atoms with Gasteiger partial charge in [0.25, 0.3) is 0 Å². The molecule has 1 aromatic carbocycles. The quantitative estimate of drug-likeness (QED) is 0.872. The van der Waals surface area contributed by atoms with Crippen molar-refractivity contribution in [1.82, 2.24) is 5.32 Å². The van der Waals surface area contributed by atoms with Crippen molar-refractivity contribution in [3.8, 4) is 0 Å². The lowest BCUT2D eigenvalue weighted by Gasteiger charge is -2.15. The molecule has 0 aliphatic rings. The van der Waals surface area contributed by atoms with Crippen molar-refractivity contribution >= 4 is 18.3 Å². The van der Waals surface area contributed by atoms with Gasteiger partial charge in [-0.05, 0) is 30.0 Å². The molecule has 0 radical (unpaired) electrons. The van der Waals surface area contributed by atoms with Crippen molar-refractivity contribution in [1.29, 1.82) is 0 Å². The molecule has 0 bridgehead atoms. The molecule has 3 N–H and O–H groups in total. The largest absolute Gasteiger partial charge is 0.354 e. The number of halogens is 3. The van der Waals surface area contributed by atoms with Gasteiger partial charge in [0.2, 0.25) is 5.91 Å². The van der Waals surface area contributed by atoms with Crippen LogP contribution in [0.25, 0.3) is 0 Å². The summed E-state index contributed by atoms with van der Waals surface area (Å²) in [6, 6.07) is 2.75. The second-order valence-corrected chi connectivity index (χ2v) is 4.59. The fourth-order valence-corrected chi connectivity index (χ4v) is 1.51. The molecule has 0 heterocycles. The molecule has 0 fully saturated rings. The normalized spacial score (nSPS) is 11.9. The van der Waals surface area contributed by atoms with Gasteiger partial charge in [-0.25, -0.2) is 8.78 Å². The van der Waals surface area contributed by atoms with E-state index in [0.717, 1.165) is 6.07 Å². The first-order valence-corrected chi connectivity index (χ1v) is 5.88. The van der Waals surface area contributed by atoms with E-state index in [9.17, 15) is 13.6 Å². The summed E-state index contributed by atoms with van der Waals surface area (Å²) in [5, 5.41) is 2.64. The van der Waals surface area contributed by atoms with Crippen molar-refractivity contribution in [3.63, 3.8) is 0 Å². The molecule has 0 saturated carbocycles. The van der Waals surface area contributed by atoms with Crippen LogP contribution in [0.5, 0.6) is 0 Å². The first-order valence-electron chi connectivity index (χ1n) is 5.88. The minimum absolute atomic E-state index is 0. The Morgan fingerprint density at radius 3 is 2.26 bits per heavy atom. The minimum Gasteiger partial charge on any atom is -0.354 e. The maximum Gasteiger partial charge on any atom is 0.237 e. The minimum atomic E-state index is -0.616. The summed E-state index contributed by atoms with van der Waals surface area (Å²) in [6.45, 7) is 4.01. The zero-order valence-corrected chi connectivity index (χ0v) is 11.8. The Hall–Kier alpha value is -1.20.